The fraction of sp³-hybridized carbons (Fsp3) is 0. The van der Waals surface area contributed by atoms with Crippen LogP contribution < -0.4 is 4.90 Å². The molecule has 0 fully saturated rings. The van der Waals surface area contributed by atoms with Crippen LogP contribution in [0.3, 0.4) is 0 Å². The Morgan fingerprint density at radius 3 is 1.60 bits per heavy atom. The Balaban J connectivity index is 1.07. The van der Waals surface area contributed by atoms with Crippen molar-refractivity contribution in [3.8, 4) is 39.9 Å². The highest BCUT2D eigenvalue weighted by Gasteiger charge is 2.21. The standard InChI is InChI=1S/C51H33N5O/c1-4-15-34(16-5-1)35-27-30-39(31-28-35)55(38-19-8-3-9-20-38)46-26-14-23-43-42-32-29-37(33-47(42)57-48(43)46)50-52-49(36-17-6-2-7-18-36)53-51(54-50)56-44-24-12-10-21-40(44)41-22-11-13-25-45(41)56/h1-33H. The van der Waals surface area contributed by atoms with Crippen LogP contribution >= 0.6 is 0 Å². The maximum atomic E-state index is 6.88. The van der Waals surface area contributed by atoms with Gasteiger partial charge in [0, 0.05) is 44.0 Å². The molecular formula is C51H33N5O. The zero-order valence-corrected chi connectivity index (χ0v) is 30.7. The summed E-state index contributed by atoms with van der Waals surface area (Å²) in [6.45, 7) is 0. The van der Waals surface area contributed by atoms with E-state index >= 15 is 0 Å². The third-order valence-electron chi connectivity index (χ3n) is 10.7. The molecule has 268 valence electrons. The summed E-state index contributed by atoms with van der Waals surface area (Å²) in [5, 5.41) is 4.34. The van der Waals surface area contributed by atoms with Crippen LogP contribution in [0.15, 0.2) is 205 Å². The summed E-state index contributed by atoms with van der Waals surface area (Å²) in [5.41, 5.74) is 10.7. The first-order valence-corrected chi connectivity index (χ1v) is 19.0. The van der Waals surface area contributed by atoms with Gasteiger partial charge in [-0.2, -0.15) is 9.97 Å². The highest BCUT2D eigenvalue weighted by Crippen LogP contribution is 2.43. The molecule has 8 aromatic carbocycles. The van der Waals surface area contributed by atoms with Gasteiger partial charge in [-0.15, -0.1) is 0 Å². The first kappa shape index (κ1) is 32.6. The van der Waals surface area contributed by atoms with Gasteiger partial charge in [-0.1, -0.05) is 146 Å². The summed E-state index contributed by atoms with van der Waals surface area (Å²) in [6, 6.07) is 69.1. The maximum absolute atomic E-state index is 6.88. The minimum absolute atomic E-state index is 0.556. The van der Waals surface area contributed by atoms with Crippen LogP contribution in [0, 0.1) is 0 Å². The molecule has 6 nitrogen and oxygen atoms in total. The molecule has 0 bridgehead atoms. The molecule has 0 aliphatic rings. The third-order valence-corrected chi connectivity index (χ3v) is 10.7. The molecule has 0 N–H and O–H groups in total. The Labute approximate surface area is 328 Å². The summed E-state index contributed by atoms with van der Waals surface area (Å²) >= 11 is 0. The summed E-state index contributed by atoms with van der Waals surface area (Å²) in [5.74, 6) is 1.72. The lowest BCUT2D eigenvalue weighted by Crippen LogP contribution is -2.10. The van der Waals surface area contributed by atoms with Gasteiger partial charge in [0.25, 0.3) is 0 Å². The number of rotatable bonds is 7. The minimum atomic E-state index is 0.556. The molecule has 0 unspecified atom stereocenters. The Morgan fingerprint density at radius 2 is 0.912 bits per heavy atom. The van der Waals surface area contributed by atoms with E-state index in [1.54, 1.807) is 0 Å². The number of nitrogens with zero attached hydrogens (tertiary/aromatic N) is 5. The minimum Gasteiger partial charge on any atom is -0.454 e. The number of benzene rings is 8. The molecule has 6 heteroatoms. The van der Waals surface area contributed by atoms with Gasteiger partial charge in [-0.25, -0.2) is 4.98 Å². The second-order valence-electron chi connectivity index (χ2n) is 14.1. The van der Waals surface area contributed by atoms with Crippen LogP contribution in [0.4, 0.5) is 17.1 Å². The van der Waals surface area contributed by atoms with E-state index in [-0.39, 0.29) is 0 Å². The van der Waals surface area contributed by atoms with Gasteiger partial charge < -0.3 is 9.32 Å². The van der Waals surface area contributed by atoms with E-state index in [1.165, 1.54) is 5.56 Å². The molecule has 0 spiro atoms. The van der Waals surface area contributed by atoms with Crippen molar-refractivity contribution < 1.29 is 4.42 Å². The van der Waals surface area contributed by atoms with Crippen molar-refractivity contribution in [2.24, 2.45) is 0 Å². The van der Waals surface area contributed by atoms with Gasteiger partial charge in [-0.3, -0.25) is 4.57 Å². The molecule has 0 aliphatic heterocycles. The van der Waals surface area contributed by atoms with Crippen LogP contribution in [0.5, 0.6) is 0 Å². The van der Waals surface area contributed by atoms with E-state index < -0.39 is 0 Å². The fourth-order valence-electron chi connectivity index (χ4n) is 7.98. The number of furan rings is 1. The monoisotopic (exact) mass is 731 g/mol. The van der Waals surface area contributed by atoms with Gasteiger partial charge in [0.1, 0.15) is 5.58 Å². The number of anilines is 3. The highest BCUT2D eigenvalue weighted by molar-refractivity contribution is 6.11. The van der Waals surface area contributed by atoms with Crippen molar-refractivity contribution in [1.29, 1.82) is 0 Å². The predicted molar refractivity (Wildman–Crippen MR) is 232 cm³/mol. The van der Waals surface area contributed by atoms with E-state index in [4.69, 9.17) is 19.4 Å². The van der Waals surface area contributed by atoms with Gasteiger partial charge in [0.05, 0.1) is 16.7 Å². The molecule has 3 heterocycles. The fourth-order valence-corrected chi connectivity index (χ4v) is 7.98. The summed E-state index contributed by atoms with van der Waals surface area (Å²) < 4.78 is 9.02. The highest BCUT2D eigenvalue weighted by atomic mass is 16.3. The van der Waals surface area contributed by atoms with Crippen LogP contribution in [-0.4, -0.2) is 19.5 Å². The number of fused-ring (bicyclic) bond motifs is 6. The largest absolute Gasteiger partial charge is 0.454 e. The van der Waals surface area contributed by atoms with Crippen LogP contribution in [0.25, 0.3) is 83.6 Å². The molecule has 11 aromatic rings. The molecule has 11 rings (SSSR count). The van der Waals surface area contributed by atoms with Crippen molar-refractivity contribution in [3.05, 3.63) is 200 Å². The van der Waals surface area contributed by atoms with Gasteiger partial charge in [0.15, 0.2) is 17.2 Å². The average molecular weight is 732 g/mol. The number of hydrogen-bond donors (Lipinski definition) is 0. The number of aromatic nitrogens is 4. The normalized spacial score (nSPS) is 11.5. The van der Waals surface area contributed by atoms with E-state index in [0.717, 1.165) is 77.5 Å². The quantitative estimate of drug-likeness (QED) is 0.163. The SMILES string of the molecule is c1ccc(-c2ccc(N(c3ccccc3)c3cccc4c3oc3cc(-c5nc(-c6ccccc6)nc(-n6c7ccccc7c7ccccc76)n5)ccc34)cc2)cc1. The summed E-state index contributed by atoms with van der Waals surface area (Å²) in [7, 11) is 0. The Bertz CT molecular complexity index is 3170. The summed E-state index contributed by atoms with van der Waals surface area (Å²) in [4.78, 5) is 17.6. The average Bonchev–Trinajstić information content (AvgIpc) is 3.84. The predicted octanol–water partition coefficient (Wildman–Crippen LogP) is 13.3. The molecule has 0 atom stereocenters. The molecule has 0 amide bonds. The molecule has 57 heavy (non-hydrogen) atoms. The van der Waals surface area contributed by atoms with Crippen molar-refractivity contribution >= 4 is 60.8 Å². The Hall–Kier alpha value is -7.83. The van der Waals surface area contributed by atoms with Crippen molar-refractivity contribution in [2.45, 2.75) is 0 Å². The second-order valence-corrected chi connectivity index (χ2v) is 14.1. The maximum Gasteiger partial charge on any atom is 0.238 e. The lowest BCUT2D eigenvalue weighted by atomic mass is 10.0. The molecule has 3 aromatic heterocycles. The lowest BCUT2D eigenvalue weighted by Gasteiger charge is -2.25. The molecule has 0 aliphatic carbocycles. The Kier molecular flexibility index (Phi) is 7.71. The second kappa shape index (κ2) is 13.5. The molecular weight excluding hydrogens is 699 g/mol. The van der Waals surface area contributed by atoms with Crippen LogP contribution in [0.1, 0.15) is 0 Å². The third kappa shape index (κ3) is 5.62. The summed E-state index contributed by atoms with van der Waals surface area (Å²) in [6.07, 6.45) is 0. The lowest BCUT2D eigenvalue weighted by molar-refractivity contribution is 0.669. The van der Waals surface area contributed by atoms with Crippen LogP contribution in [0.2, 0.25) is 0 Å². The molecule has 0 saturated carbocycles. The molecule has 0 radical (unpaired) electrons. The van der Waals surface area contributed by atoms with Crippen molar-refractivity contribution in [1.82, 2.24) is 19.5 Å². The van der Waals surface area contributed by atoms with Crippen LogP contribution in [-0.2, 0) is 0 Å². The van der Waals surface area contributed by atoms with Gasteiger partial charge >= 0.3 is 0 Å². The van der Waals surface area contributed by atoms with Crippen molar-refractivity contribution in [2.75, 3.05) is 4.90 Å². The van der Waals surface area contributed by atoms with E-state index in [2.05, 4.69) is 167 Å². The van der Waals surface area contributed by atoms with E-state index in [1.807, 2.05) is 42.5 Å². The van der Waals surface area contributed by atoms with E-state index in [9.17, 15) is 0 Å². The topological polar surface area (TPSA) is 60.0 Å². The van der Waals surface area contributed by atoms with Gasteiger partial charge in [0.2, 0.25) is 5.95 Å². The smallest absolute Gasteiger partial charge is 0.238 e. The van der Waals surface area contributed by atoms with Crippen molar-refractivity contribution in [3.63, 3.8) is 0 Å². The number of para-hydroxylation sites is 4. The zero-order chi connectivity index (χ0) is 37.7. The zero-order valence-electron chi connectivity index (χ0n) is 30.7. The number of hydrogen-bond acceptors (Lipinski definition) is 5. The van der Waals surface area contributed by atoms with E-state index in [0.29, 0.717) is 17.6 Å². The first-order chi connectivity index (χ1) is 28.3. The Morgan fingerprint density at radius 1 is 0.386 bits per heavy atom. The van der Waals surface area contributed by atoms with Gasteiger partial charge in [-0.05, 0) is 65.7 Å². The first-order valence-electron chi connectivity index (χ1n) is 19.0. The molecule has 0 saturated heterocycles.